The van der Waals surface area contributed by atoms with Gasteiger partial charge in [-0.2, -0.15) is 4.31 Å². The minimum Gasteiger partial charge on any atom is -0.335 e. The molecule has 2 aromatic rings. The highest BCUT2D eigenvalue weighted by Gasteiger charge is 2.31. The van der Waals surface area contributed by atoms with Crippen molar-refractivity contribution in [3.63, 3.8) is 0 Å². The maximum absolute atomic E-state index is 12.5. The van der Waals surface area contributed by atoms with Gasteiger partial charge in [0.25, 0.3) is 15.9 Å². The van der Waals surface area contributed by atoms with Gasteiger partial charge >= 0.3 is 0 Å². The first-order chi connectivity index (χ1) is 10.9. The van der Waals surface area contributed by atoms with E-state index in [1.165, 1.54) is 21.7 Å². The van der Waals surface area contributed by atoms with Crippen LogP contribution in [0.3, 0.4) is 0 Å². The number of hydrogen-bond acceptors (Lipinski definition) is 5. The zero-order chi connectivity index (χ0) is 16.6. The van der Waals surface area contributed by atoms with E-state index in [9.17, 15) is 13.2 Å². The summed E-state index contributed by atoms with van der Waals surface area (Å²) in [6.45, 7) is 1.34. The Morgan fingerprint density at radius 1 is 1.09 bits per heavy atom. The van der Waals surface area contributed by atoms with Crippen LogP contribution >= 0.6 is 50.2 Å². The third-order valence-electron chi connectivity index (χ3n) is 3.45. The molecule has 1 amide bonds. The molecule has 0 N–H and O–H groups in total. The first-order valence-electron chi connectivity index (χ1n) is 6.68. The molecule has 0 aromatic carbocycles. The van der Waals surface area contributed by atoms with Crippen LogP contribution in [0.1, 0.15) is 9.67 Å². The third kappa shape index (κ3) is 3.64. The van der Waals surface area contributed by atoms with Crippen molar-refractivity contribution in [2.75, 3.05) is 26.2 Å². The van der Waals surface area contributed by atoms with Crippen LogP contribution in [0.2, 0.25) is 4.34 Å². The predicted molar refractivity (Wildman–Crippen MR) is 96.0 cm³/mol. The summed E-state index contributed by atoms with van der Waals surface area (Å²) in [5, 5.41) is 0. The van der Waals surface area contributed by atoms with E-state index in [0.29, 0.717) is 22.3 Å². The fraction of sp³-hybridized carbons (Fsp3) is 0.308. The van der Waals surface area contributed by atoms with Gasteiger partial charge in [0, 0.05) is 26.2 Å². The van der Waals surface area contributed by atoms with E-state index in [0.717, 1.165) is 15.1 Å². The topological polar surface area (TPSA) is 57.7 Å². The van der Waals surface area contributed by atoms with Crippen LogP contribution < -0.4 is 0 Å². The standard InChI is InChI=1S/C13H12BrClN2O3S3/c14-10-2-1-9(21-10)13(18)16-5-7-17(8-6-16)23(19,20)12-4-3-11(15)22-12/h1-4H,5-8H2. The Hall–Kier alpha value is -0.450. The SMILES string of the molecule is O=C(c1ccc(Br)s1)N1CCN(S(=O)(=O)c2ccc(Cl)s2)CC1. The maximum Gasteiger partial charge on any atom is 0.264 e. The number of carbonyl (C=O) groups is 1. The number of halogens is 2. The van der Waals surface area contributed by atoms with E-state index in [4.69, 9.17) is 11.6 Å². The molecule has 1 fully saturated rings. The second-order valence-corrected chi connectivity index (χ2v) is 11.2. The zero-order valence-electron chi connectivity index (χ0n) is 11.7. The molecule has 1 aliphatic rings. The Kier molecular flexibility index (Phi) is 5.15. The molecule has 0 aliphatic carbocycles. The maximum atomic E-state index is 12.5. The van der Waals surface area contributed by atoms with Crippen LogP contribution in [0.15, 0.2) is 32.3 Å². The highest BCUT2D eigenvalue weighted by molar-refractivity contribution is 9.11. The fourth-order valence-corrected chi connectivity index (χ4v) is 6.69. The lowest BCUT2D eigenvalue weighted by molar-refractivity contribution is 0.0703. The van der Waals surface area contributed by atoms with E-state index in [1.54, 1.807) is 17.0 Å². The van der Waals surface area contributed by atoms with E-state index in [2.05, 4.69) is 15.9 Å². The molecule has 124 valence electrons. The van der Waals surface area contributed by atoms with Crippen molar-refractivity contribution in [3.05, 3.63) is 37.3 Å². The minimum absolute atomic E-state index is 0.0584. The van der Waals surface area contributed by atoms with Gasteiger partial charge in [-0.3, -0.25) is 4.79 Å². The molecular weight excluding hydrogens is 444 g/mol. The summed E-state index contributed by atoms with van der Waals surface area (Å²) in [6, 6.07) is 6.70. The Balaban J connectivity index is 1.67. The Bertz CT molecular complexity index is 825. The lowest BCUT2D eigenvalue weighted by Crippen LogP contribution is -2.50. The number of sulfonamides is 1. The second-order valence-electron chi connectivity index (χ2n) is 4.86. The summed E-state index contributed by atoms with van der Waals surface area (Å²) in [5.41, 5.74) is 0. The van der Waals surface area contributed by atoms with Gasteiger partial charge in [-0.15, -0.1) is 22.7 Å². The second kappa shape index (κ2) is 6.81. The predicted octanol–water partition coefficient (Wildman–Crippen LogP) is 3.37. The van der Waals surface area contributed by atoms with Crippen molar-refractivity contribution in [3.8, 4) is 0 Å². The van der Waals surface area contributed by atoms with Gasteiger partial charge in [0.05, 0.1) is 13.0 Å². The number of thiophene rings is 2. The minimum atomic E-state index is -3.53. The molecule has 0 unspecified atom stereocenters. The monoisotopic (exact) mass is 454 g/mol. The molecule has 0 saturated carbocycles. The molecule has 0 spiro atoms. The first kappa shape index (κ1) is 17.4. The smallest absolute Gasteiger partial charge is 0.264 e. The van der Waals surface area contributed by atoms with Crippen LogP contribution in [0, 0.1) is 0 Å². The zero-order valence-corrected chi connectivity index (χ0v) is 16.5. The van der Waals surface area contributed by atoms with Crippen molar-refractivity contribution in [2.24, 2.45) is 0 Å². The van der Waals surface area contributed by atoms with Gasteiger partial charge in [-0.1, -0.05) is 11.6 Å². The highest BCUT2D eigenvalue weighted by atomic mass is 79.9. The summed E-state index contributed by atoms with van der Waals surface area (Å²) in [6.07, 6.45) is 0. The van der Waals surface area contributed by atoms with E-state index >= 15 is 0 Å². The number of rotatable bonds is 3. The van der Waals surface area contributed by atoms with Crippen LogP contribution in [-0.4, -0.2) is 49.7 Å². The largest absolute Gasteiger partial charge is 0.335 e. The number of hydrogen-bond donors (Lipinski definition) is 0. The fourth-order valence-electron chi connectivity index (χ4n) is 2.28. The molecule has 2 aromatic heterocycles. The molecule has 23 heavy (non-hydrogen) atoms. The number of piperazine rings is 1. The first-order valence-corrected chi connectivity index (χ1v) is 10.9. The van der Waals surface area contributed by atoms with Crippen molar-refractivity contribution in [1.82, 2.24) is 9.21 Å². The summed E-state index contributed by atoms with van der Waals surface area (Å²) < 4.78 is 28.0. The Morgan fingerprint density at radius 3 is 2.30 bits per heavy atom. The van der Waals surface area contributed by atoms with Crippen molar-refractivity contribution in [1.29, 1.82) is 0 Å². The average Bonchev–Trinajstić information content (AvgIpc) is 3.15. The van der Waals surface area contributed by atoms with Crippen LogP contribution in [0.4, 0.5) is 0 Å². The molecule has 10 heteroatoms. The lowest BCUT2D eigenvalue weighted by Gasteiger charge is -2.33. The molecule has 0 atom stereocenters. The number of carbonyl (C=O) groups excluding carboxylic acids is 1. The molecule has 3 rings (SSSR count). The number of nitrogens with zero attached hydrogens (tertiary/aromatic N) is 2. The molecule has 1 aliphatic heterocycles. The quantitative estimate of drug-likeness (QED) is 0.713. The van der Waals surface area contributed by atoms with Gasteiger partial charge in [-0.25, -0.2) is 8.42 Å². The van der Waals surface area contributed by atoms with Crippen LogP contribution in [0.25, 0.3) is 0 Å². The van der Waals surface area contributed by atoms with Gasteiger partial charge < -0.3 is 4.90 Å². The summed E-state index contributed by atoms with van der Waals surface area (Å²) >= 11 is 11.6. The molecule has 0 radical (unpaired) electrons. The molecule has 1 saturated heterocycles. The Morgan fingerprint density at radius 2 is 1.78 bits per heavy atom. The van der Waals surface area contributed by atoms with E-state index in [-0.39, 0.29) is 23.2 Å². The normalized spacial score (nSPS) is 16.7. The van der Waals surface area contributed by atoms with Crippen LogP contribution in [0.5, 0.6) is 0 Å². The van der Waals surface area contributed by atoms with Crippen molar-refractivity contribution < 1.29 is 13.2 Å². The van der Waals surface area contributed by atoms with Gasteiger partial charge in [0.2, 0.25) is 0 Å². The van der Waals surface area contributed by atoms with Gasteiger partial charge in [0.1, 0.15) is 4.21 Å². The summed E-state index contributed by atoms with van der Waals surface area (Å²) in [4.78, 5) is 14.7. The van der Waals surface area contributed by atoms with E-state index < -0.39 is 10.0 Å². The summed E-state index contributed by atoms with van der Waals surface area (Å²) in [5.74, 6) is -0.0584. The summed E-state index contributed by atoms with van der Waals surface area (Å²) in [7, 11) is -3.53. The van der Waals surface area contributed by atoms with Crippen molar-refractivity contribution in [2.45, 2.75) is 4.21 Å². The molecule has 0 bridgehead atoms. The molecule has 5 nitrogen and oxygen atoms in total. The Labute approximate surface area is 155 Å². The molecule has 3 heterocycles. The van der Waals surface area contributed by atoms with E-state index in [1.807, 2.05) is 6.07 Å². The lowest BCUT2D eigenvalue weighted by atomic mass is 10.3. The van der Waals surface area contributed by atoms with Crippen LogP contribution in [-0.2, 0) is 10.0 Å². The number of amides is 1. The van der Waals surface area contributed by atoms with Gasteiger partial charge in [0.15, 0.2) is 0 Å². The average molecular weight is 456 g/mol. The van der Waals surface area contributed by atoms with Crippen molar-refractivity contribution >= 4 is 66.1 Å². The third-order valence-corrected chi connectivity index (χ3v) is 8.66. The highest BCUT2D eigenvalue weighted by Crippen LogP contribution is 2.29. The van der Waals surface area contributed by atoms with Gasteiger partial charge in [-0.05, 0) is 40.2 Å². The molecular formula is C13H12BrClN2O3S3.